The van der Waals surface area contributed by atoms with Crippen molar-refractivity contribution in [3.8, 4) is 0 Å². The highest BCUT2D eigenvalue weighted by Gasteiger charge is 2.15. The molecule has 0 radical (unpaired) electrons. The van der Waals surface area contributed by atoms with Gasteiger partial charge in [-0.05, 0) is 37.8 Å². The lowest BCUT2D eigenvalue weighted by molar-refractivity contribution is 0.233. The van der Waals surface area contributed by atoms with Crippen LogP contribution < -0.4 is 16.0 Å². The lowest BCUT2D eigenvalue weighted by Crippen LogP contribution is -2.46. The van der Waals surface area contributed by atoms with Gasteiger partial charge in [0.2, 0.25) is 0 Å². The molecule has 5 nitrogen and oxygen atoms in total. The zero-order valence-electron chi connectivity index (χ0n) is 13.8. The van der Waals surface area contributed by atoms with Gasteiger partial charge < -0.3 is 21.1 Å². The van der Waals surface area contributed by atoms with Gasteiger partial charge in [0.1, 0.15) is 0 Å². The Hall–Kier alpha value is -1.75. The van der Waals surface area contributed by atoms with E-state index in [4.69, 9.17) is 5.11 Å². The predicted octanol–water partition coefficient (Wildman–Crippen LogP) is 2.58. The Bertz CT molecular complexity index is 423. The summed E-state index contributed by atoms with van der Waals surface area (Å²) >= 11 is 0. The Morgan fingerprint density at radius 2 is 1.86 bits per heavy atom. The molecule has 0 saturated carbocycles. The average molecular weight is 307 g/mol. The number of rotatable bonds is 9. The number of carbonyl (C=O) groups excluding carboxylic acids is 1. The maximum absolute atomic E-state index is 11.9. The normalized spacial score (nSPS) is 13.5. The summed E-state index contributed by atoms with van der Waals surface area (Å²) in [4.78, 5) is 11.9. The van der Waals surface area contributed by atoms with Gasteiger partial charge >= 0.3 is 6.03 Å². The van der Waals surface area contributed by atoms with E-state index in [-0.39, 0.29) is 24.7 Å². The fourth-order valence-corrected chi connectivity index (χ4v) is 2.15. The maximum atomic E-state index is 11.9. The summed E-state index contributed by atoms with van der Waals surface area (Å²) in [6.45, 7) is 6.92. The lowest BCUT2D eigenvalue weighted by atomic mass is 10.0. The molecule has 0 saturated heterocycles. The second-order valence-electron chi connectivity index (χ2n) is 5.98. The summed E-state index contributed by atoms with van der Waals surface area (Å²) in [6.07, 6.45) is 1.48. The lowest BCUT2D eigenvalue weighted by Gasteiger charge is -2.24. The van der Waals surface area contributed by atoms with Crippen LogP contribution in [0.5, 0.6) is 0 Å². The number of benzene rings is 1. The third kappa shape index (κ3) is 7.31. The number of hydrogen-bond acceptors (Lipinski definition) is 3. The molecular formula is C17H29N3O2. The van der Waals surface area contributed by atoms with Crippen LogP contribution in [0.1, 0.15) is 33.6 Å². The van der Waals surface area contributed by atoms with Crippen molar-refractivity contribution in [2.24, 2.45) is 5.92 Å². The molecule has 2 atom stereocenters. The molecule has 4 N–H and O–H groups in total. The summed E-state index contributed by atoms with van der Waals surface area (Å²) in [5.41, 5.74) is 1.06. The van der Waals surface area contributed by atoms with Crippen LogP contribution >= 0.6 is 0 Å². The Kier molecular flexibility index (Phi) is 8.36. The van der Waals surface area contributed by atoms with E-state index in [0.29, 0.717) is 18.9 Å². The van der Waals surface area contributed by atoms with Crippen molar-refractivity contribution < 1.29 is 9.90 Å². The van der Waals surface area contributed by atoms with E-state index in [0.717, 1.165) is 12.1 Å². The average Bonchev–Trinajstić information content (AvgIpc) is 2.50. The van der Waals surface area contributed by atoms with Gasteiger partial charge in [-0.15, -0.1) is 0 Å². The Labute approximate surface area is 133 Å². The minimum Gasteiger partial charge on any atom is -0.396 e. The molecule has 1 aromatic rings. The van der Waals surface area contributed by atoms with Gasteiger partial charge in [-0.2, -0.15) is 0 Å². The van der Waals surface area contributed by atoms with Gasteiger partial charge in [-0.1, -0.05) is 32.0 Å². The standard InChI is InChI=1S/C17H29N3O2/c1-13(2)16(20-15-9-5-4-6-10-15)12-18-17(22)19-14(3)8-7-11-21/h4-6,9-10,13-14,16,20-21H,7-8,11-12H2,1-3H3,(H2,18,19,22). The van der Waals surface area contributed by atoms with Crippen LogP contribution in [-0.4, -0.2) is 36.4 Å². The Morgan fingerprint density at radius 1 is 1.18 bits per heavy atom. The molecule has 2 unspecified atom stereocenters. The zero-order chi connectivity index (χ0) is 16.4. The first kappa shape index (κ1) is 18.3. The molecule has 0 aliphatic heterocycles. The van der Waals surface area contributed by atoms with Gasteiger partial charge in [-0.3, -0.25) is 0 Å². The first-order valence-electron chi connectivity index (χ1n) is 7.99. The van der Waals surface area contributed by atoms with E-state index in [1.165, 1.54) is 0 Å². The number of aliphatic hydroxyl groups excluding tert-OH is 1. The molecule has 0 bridgehead atoms. The van der Waals surface area contributed by atoms with Gasteiger partial charge in [0.15, 0.2) is 0 Å². The number of para-hydroxylation sites is 1. The molecule has 5 heteroatoms. The van der Waals surface area contributed by atoms with Crippen LogP contribution in [0, 0.1) is 5.92 Å². The molecule has 0 heterocycles. The van der Waals surface area contributed by atoms with Crippen molar-refractivity contribution in [2.45, 2.75) is 45.7 Å². The predicted molar refractivity (Wildman–Crippen MR) is 91.0 cm³/mol. The van der Waals surface area contributed by atoms with Gasteiger partial charge in [0, 0.05) is 30.9 Å². The van der Waals surface area contributed by atoms with Crippen LogP contribution in [-0.2, 0) is 0 Å². The molecule has 2 amide bonds. The van der Waals surface area contributed by atoms with Crippen molar-refractivity contribution in [3.05, 3.63) is 30.3 Å². The first-order chi connectivity index (χ1) is 10.5. The number of hydrogen-bond donors (Lipinski definition) is 4. The fraction of sp³-hybridized carbons (Fsp3) is 0.588. The van der Waals surface area contributed by atoms with Crippen LogP contribution in [0.3, 0.4) is 0 Å². The molecule has 0 aliphatic rings. The van der Waals surface area contributed by atoms with E-state index < -0.39 is 0 Å². The summed E-state index contributed by atoms with van der Waals surface area (Å²) in [5.74, 6) is 0.396. The molecule has 0 aliphatic carbocycles. The van der Waals surface area contributed by atoms with E-state index in [2.05, 4.69) is 29.8 Å². The molecule has 22 heavy (non-hydrogen) atoms. The fourth-order valence-electron chi connectivity index (χ4n) is 2.15. The monoisotopic (exact) mass is 307 g/mol. The highest BCUT2D eigenvalue weighted by atomic mass is 16.3. The molecular weight excluding hydrogens is 278 g/mol. The van der Waals surface area contributed by atoms with Crippen LogP contribution in [0.4, 0.5) is 10.5 Å². The minimum absolute atomic E-state index is 0.0618. The number of amides is 2. The van der Waals surface area contributed by atoms with E-state index in [1.807, 2.05) is 37.3 Å². The van der Waals surface area contributed by atoms with E-state index in [1.54, 1.807) is 0 Å². The summed E-state index contributed by atoms with van der Waals surface area (Å²) < 4.78 is 0. The molecule has 0 fully saturated rings. The molecule has 1 aromatic carbocycles. The minimum atomic E-state index is -0.161. The molecule has 0 spiro atoms. The summed E-state index contributed by atoms with van der Waals surface area (Å²) in [6, 6.07) is 10.1. The maximum Gasteiger partial charge on any atom is 0.315 e. The number of anilines is 1. The highest BCUT2D eigenvalue weighted by Crippen LogP contribution is 2.11. The number of aliphatic hydroxyl groups is 1. The van der Waals surface area contributed by atoms with Crippen LogP contribution in [0.2, 0.25) is 0 Å². The second-order valence-corrected chi connectivity index (χ2v) is 5.98. The van der Waals surface area contributed by atoms with Gasteiger partial charge in [-0.25, -0.2) is 4.79 Å². The Morgan fingerprint density at radius 3 is 2.45 bits per heavy atom. The van der Waals surface area contributed by atoms with E-state index >= 15 is 0 Å². The second kappa shape index (κ2) is 10.1. The SMILES string of the molecule is CC(CCCO)NC(=O)NCC(Nc1ccccc1)C(C)C. The number of urea groups is 1. The molecule has 124 valence electrons. The third-order valence-corrected chi connectivity index (χ3v) is 3.59. The quantitative estimate of drug-likeness (QED) is 0.566. The van der Waals surface area contributed by atoms with Crippen molar-refractivity contribution in [2.75, 3.05) is 18.5 Å². The summed E-state index contributed by atoms with van der Waals surface area (Å²) in [7, 11) is 0. The van der Waals surface area contributed by atoms with Crippen molar-refractivity contribution in [1.82, 2.24) is 10.6 Å². The zero-order valence-corrected chi connectivity index (χ0v) is 13.8. The van der Waals surface area contributed by atoms with Crippen LogP contribution in [0.15, 0.2) is 30.3 Å². The van der Waals surface area contributed by atoms with Gasteiger partial charge in [0.05, 0.1) is 0 Å². The molecule has 1 rings (SSSR count). The third-order valence-electron chi connectivity index (χ3n) is 3.59. The van der Waals surface area contributed by atoms with Crippen LogP contribution in [0.25, 0.3) is 0 Å². The topological polar surface area (TPSA) is 73.4 Å². The first-order valence-corrected chi connectivity index (χ1v) is 7.99. The van der Waals surface area contributed by atoms with Crippen molar-refractivity contribution in [1.29, 1.82) is 0 Å². The highest BCUT2D eigenvalue weighted by molar-refractivity contribution is 5.74. The van der Waals surface area contributed by atoms with Crippen molar-refractivity contribution >= 4 is 11.7 Å². The summed E-state index contributed by atoms with van der Waals surface area (Å²) in [5, 5.41) is 18.0. The van der Waals surface area contributed by atoms with Gasteiger partial charge in [0.25, 0.3) is 0 Å². The smallest absolute Gasteiger partial charge is 0.315 e. The number of carbonyl (C=O) groups is 1. The van der Waals surface area contributed by atoms with E-state index in [9.17, 15) is 4.79 Å². The molecule has 0 aromatic heterocycles. The number of nitrogens with one attached hydrogen (secondary N) is 3. The Balaban J connectivity index is 2.39. The van der Waals surface area contributed by atoms with Crippen molar-refractivity contribution in [3.63, 3.8) is 0 Å². The largest absolute Gasteiger partial charge is 0.396 e.